The zero-order valence-electron chi connectivity index (χ0n) is 13.8. The molecule has 0 amide bonds. The van der Waals surface area contributed by atoms with Gasteiger partial charge < -0.3 is 15.1 Å². The lowest BCUT2D eigenvalue weighted by atomic mass is 10.2. The van der Waals surface area contributed by atoms with E-state index in [0.717, 1.165) is 54.3 Å². The van der Waals surface area contributed by atoms with Gasteiger partial charge in [-0.2, -0.15) is 0 Å². The Labute approximate surface area is 141 Å². The smallest absolute Gasteiger partial charge is 0.128 e. The van der Waals surface area contributed by atoms with Gasteiger partial charge in [0.05, 0.1) is 17.4 Å². The first-order valence-corrected chi connectivity index (χ1v) is 8.30. The van der Waals surface area contributed by atoms with Gasteiger partial charge in [-0.3, -0.25) is 4.98 Å². The largest absolute Gasteiger partial charge is 0.354 e. The Balaban J connectivity index is 1.53. The van der Waals surface area contributed by atoms with Crippen LogP contribution in [0.5, 0.6) is 0 Å². The van der Waals surface area contributed by atoms with Crippen molar-refractivity contribution in [3.63, 3.8) is 0 Å². The van der Waals surface area contributed by atoms with Crippen LogP contribution in [0.4, 0.5) is 17.2 Å². The molecule has 24 heavy (non-hydrogen) atoms. The molecular formula is C19H21N5. The van der Waals surface area contributed by atoms with Crippen LogP contribution in [0, 0.1) is 0 Å². The summed E-state index contributed by atoms with van der Waals surface area (Å²) in [5.41, 5.74) is 3.03. The highest BCUT2D eigenvalue weighted by molar-refractivity contribution is 5.92. The minimum atomic E-state index is 0.990. The van der Waals surface area contributed by atoms with E-state index in [4.69, 9.17) is 0 Å². The van der Waals surface area contributed by atoms with E-state index in [1.807, 2.05) is 36.7 Å². The number of likely N-dealkylation sites (N-methyl/N-ethyl adjacent to an activating group) is 1. The molecule has 1 fully saturated rings. The molecule has 0 radical (unpaired) electrons. The minimum absolute atomic E-state index is 0.990. The van der Waals surface area contributed by atoms with Gasteiger partial charge in [-0.25, -0.2) is 4.98 Å². The number of nitrogens with zero attached hydrogens (tertiary/aromatic N) is 4. The summed E-state index contributed by atoms with van der Waals surface area (Å²) in [4.78, 5) is 13.7. The van der Waals surface area contributed by atoms with Crippen molar-refractivity contribution < 1.29 is 0 Å². The SMILES string of the molecule is CN1CCN(c2ccc(Nc3ccnc4ccccc34)cn2)CC1. The number of piperazine rings is 1. The van der Waals surface area contributed by atoms with Gasteiger partial charge >= 0.3 is 0 Å². The fourth-order valence-electron chi connectivity index (χ4n) is 3.04. The van der Waals surface area contributed by atoms with Gasteiger partial charge in [0, 0.05) is 43.4 Å². The molecule has 1 aliphatic heterocycles. The highest BCUT2D eigenvalue weighted by Crippen LogP contribution is 2.25. The fourth-order valence-corrected chi connectivity index (χ4v) is 3.04. The number of rotatable bonds is 3. The van der Waals surface area contributed by atoms with Crippen LogP contribution in [-0.2, 0) is 0 Å². The van der Waals surface area contributed by atoms with Crippen molar-refractivity contribution in [2.75, 3.05) is 43.4 Å². The number of para-hydroxylation sites is 1. The molecule has 0 bridgehead atoms. The number of benzene rings is 1. The summed E-state index contributed by atoms with van der Waals surface area (Å²) >= 11 is 0. The van der Waals surface area contributed by atoms with Gasteiger partial charge in [-0.05, 0) is 31.3 Å². The summed E-state index contributed by atoms with van der Waals surface area (Å²) in [6.45, 7) is 4.24. The summed E-state index contributed by atoms with van der Waals surface area (Å²) in [6, 6.07) is 14.3. The highest BCUT2D eigenvalue weighted by atomic mass is 15.3. The predicted molar refractivity (Wildman–Crippen MR) is 99.0 cm³/mol. The second kappa shape index (κ2) is 6.45. The molecular weight excluding hydrogens is 298 g/mol. The standard InChI is InChI=1S/C19H21N5/c1-23-10-12-24(13-11-23)19-7-6-15(14-21-19)22-18-8-9-20-17-5-3-2-4-16(17)18/h2-9,14H,10-13H2,1H3,(H,20,22). The first-order chi connectivity index (χ1) is 11.8. The predicted octanol–water partition coefficient (Wildman–Crippen LogP) is 3.13. The quantitative estimate of drug-likeness (QED) is 0.803. The average Bonchev–Trinajstić information content (AvgIpc) is 2.63. The number of hydrogen-bond acceptors (Lipinski definition) is 5. The lowest BCUT2D eigenvalue weighted by Gasteiger charge is -2.33. The molecule has 3 heterocycles. The molecule has 0 unspecified atom stereocenters. The van der Waals surface area contributed by atoms with Crippen molar-refractivity contribution >= 4 is 28.1 Å². The molecule has 5 nitrogen and oxygen atoms in total. The van der Waals surface area contributed by atoms with Gasteiger partial charge in [0.25, 0.3) is 0 Å². The Morgan fingerprint density at radius 1 is 0.917 bits per heavy atom. The summed E-state index contributed by atoms with van der Waals surface area (Å²) in [6.07, 6.45) is 3.74. The highest BCUT2D eigenvalue weighted by Gasteiger charge is 2.15. The van der Waals surface area contributed by atoms with Crippen LogP contribution in [0.3, 0.4) is 0 Å². The lowest BCUT2D eigenvalue weighted by Crippen LogP contribution is -2.44. The maximum absolute atomic E-state index is 4.63. The number of pyridine rings is 2. The molecule has 0 aliphatic carbocycles. The Kier molecular flexibility index (Phi) is 4.01. The third-order valence-electron chi connectivity index (χ3n) is 4.50. The molecule has 1 saturated heterocycles. The zero-order chi connectivity index (χ0) is 16.4. The lowest BCUT2D eigenvalue weighted by molar-refractivity contribution is 0.312. The summed E-state index contributed by atoms with van der Waals surface area (Å²) in [5.74, 6) is 1.05. The summed E-state index contributed by atoms with van der Waals surface area (Å²) < 4.78 is 0. The van der Waals surface area contributed by atoms with Crippen LogP contribution in [0.2, 0.25) is 0 Å². The van der Waals surface area contributed by atoms with Gasteiger partial charge in [0.1, 0.15) is 5.82 Å². The third kappa shape index (κ3) is 3.03. The van der Waals surface area contributed by atoms with Gasteiger partial charge in [0.15, 0.2) is 0 Å². The molecule has 3 aromatic rings. The Morgan fingerprint density at radius 2 is 1.75 bits per heavy atom. The van der Waals surface area contributed by atoms with Crippen LogP contribution >= 0.6 is 0 Å². The van der Waals surface area contributed by atoms with Crippen LogP contribution in [0.1, 0.15) is 0 Å². The molecule has 1 aliphatic rings. The summed E-state index contributed by atoms with van der Waals surface area (Å²) in [7, 11) is 2.16. The summed E-state index contributed by atoms with van der Waals surface area (Å²) in [5, 5.41) is 4.57. The number of anilines is 3. The number of hydrogen-bond donors (Lipinski definition) is 1. The van der Waals surface area contributed by atoms with E-state index in [0.29, 0.717) is 0 Å². The maximum atomic E-state index is 4.63. The second-order valence-corrected chi connectivity index (χ2v) is 6.20. The first kappa shape index (κ1) is 14.9. The average molecular weight is 319 g/mol. The van der Waals surface area contributed by atoms with E-state index in [-0.39, 0.29) is 0 Å². The van der Waals surface area contributed by atoms with Crippen molar-refractivity contribution in [3.8, 4) is 0 Å². The molecule has 0 atom stereocenters. The van der Waals surface area contributed by atoms with Gasteiger partial charge in [-0.1, -0.05) is 18.2 Å². The van der Waals surface area contributed by atoms with Crippen molar-refractivity contribution in [1.29, 1.82) is 0 Å². The fraction of sp³-hybridized carbons (Fsp3) is 0.263. The second-order valence-electron chi connectivity index (χ2n) is 6.20. The van der Waals surface area contributed by atoms with Crippen LogP contribution < -0.4 is 10.2 Å². The van der Waals surface area contributed by atoms with E-state index >= 15 is 0 Å². The van der Waals surface area contributed by atoms with E-state index in [2.05, 4.69) is 50.3 Å². The zero-order valence-corrected chi connectivity index (χ0v) is 13.8. The van der Waals surface area contributed by atoms with Crippen LogP contribution in [0.15, 0.2) is 54.9 Å². The van der Waals surface area contributed by atoms with Crippen molar-refractivity contribution in [2.45, 2.75) is 0 Å². The van der Waals surface area contributed by atoms with E-state index in [1.54, 1.807) is 0 Å². The maximum Gasteiger partial charge on any atom is 0.128 e. The first-order valence-electron chi connectivity index (χ1n) is 8.30. The number of fused-ring (bicyclic) bond motifs is 1. The Bertz CT molecular complexity index is 817. The topological polar surface area (TPSA) is 44.3 Å². The molecule has 1 aromatic carbocycles. The van der Waals surface area contributed by atoms with Gasteiger partial charge in [0.2, 0.25) is 0 Å². The monoisotopic (exact) mass is 319 g/mol. The van der Waals surface area contributed by atoms with Crippen molar-refractivity contribution in [1.82, 2.24) is 14.9 Å². The molecule has 122 valence electrons. The Morgan fingerprint density at radius 3 is 2.54 bits per heavy atom. The minimum Gasteiger partial charge on any atom is -0.354 e. The molecule has 0 spiro atoms. The van der Waals surface area contributed by atoms with E-state index in [1.165, 1.54) is 0 Å². The van der Waals surface area contributed by atoms with Crippen molar-refractivity contribution in [3.05, 3.63) is 54.9 Å². The molecule has 1 N–H and O–H groups in total. The number of nitrogens with one attached hydrogen (secondary N) is 1. The molecule has 4 rings (SSSR count). The molecule has 0 saturated carbocycles. The van der Waals surface area contributed by atoms with E-state index in [9.17, 15) is 0 Å². The van der Waals surface area contributed by atoms with E-state index < -0.39 is 0 Å². The Hall–Kier alpha value is -2.66. The molecule has 2 aromatic heterocycles. The van der Waals surface area contributed by atoms with Crippen LogP contribution in [-0.4, -0.2) is 48.1 Å². The third-order valence-corrected chi connectivity index (χ3v) is 4.50. The van der Waals surface area contributed by atoms with Crippen molar-refractivity contribution in [2.24, 2.45) is 0 Å². The van der Waals surface area contributed by atoms with Gasteiger partial charge in [-0.15, -0.1) is 0 Å². The normalized spacial score (nSPS) is 15.6. The van der Waals surface area contributed by atoms with Crippen LogP contribution in [0.25, 0.3) is 10.9 Å². The number of aromatic nitrogens is 2. The molecule has 5 heteroatoms.